The fraction of sp³-hybridized carbons (Fsp3) is 0.577. The van der Waals surface area contributed by atoms with Gasteiger partial charge in [-0.25, -0.2) is 4.98 Å². The van der Waals surface area contributed by atoms with Crippen molar-refractivity contribution in [2.24, 2.45) is 0 Å². The van der Waals surface area contributed by atoms with E-state index in [0.29, 0.717) is 22.8 Å². The summed E-state index contributed by atoms with van der Waals surface area (Å²) >= 11 is 0. The molecule has 0 bridgehead atoms. The number of anilines is 2. The molecule has 1 atom stereocenters. The summed E-state index contributed by atoms with van der Waals surface area (Å²) in [5.74, 6) is 3.01. The Bertz CT molecular complexity index is 1140. The molecule has 1 aromatic heterocycles. The normalized spacial score (nSPS) is 23.4. The Balaban J connectivity index is 1.10. The van der Waals surface area contributed by atoms with Crippen LogP contribution in [-0.2, 0) is 16.2 Å². The first-order chi connectivity index (χ1) is 17.0. The van der Waals surface area contributed by atoms with Crippen LogP contribution >= 0.6 is 0 Å². The summed E-state index contributed by atoms with van der Waals surface area (Å²) < 4.78 is 12.7. The smallest absolute Gasteiger partial charge is 0.224 e. The zero-order valence-electron chi connectivity index (χ0n) is 20.1. The van der Waals surface area contributed by atoms with E-state index in [9.17, 15) is 9.32 Å². The summed E-state index contributed by atoms with van der Waals surface area (Å²) in [7, 11) is -1.16. The van der Waals surface area contributed by atoms with Crippen LogP contribution in [0.3, 0.4) is 0 Å². The van der Waals surface area contributed by atoms with Crippen molar-refractivity contribution in [2.45, 2.75) is 80.2 Å². The van der Waals surface area contributed by atoms with E-state index >= 15 is 0 Å². The van der Waals surface area contributed by atoms with Gasteiger partial charge in [0.25, 0.3) is 0 Å². The Labute approximate surface area is 209 Å². The predicted octanol–water partition coefficient (Wildman–Crippen LogP) is 3.99. The summed E-state index contributed by atoms with van der Waals surface area (Å²) in [5, 5.41) is 22.2. The molecular formula is C26H34N6O2S. The molecule has 186 valence electrons. The Hall–Kier alpha value is -2.52. The Morgan fingerprint density at radius 1 is 1.14 bits per heavy atom. The molecule has 0 radical (unpaired) electrons. The molecule has 2 aliphatic carbocycles. The summed E-state index contributed by atoms with van der Waals surface area (Å²) in [6.45, 7) is 1.71. The molecule has 3 N–H and O–H groups in total. The van der Waals surface area contributed by atoms with Crippen molar-refractivity contribution >= 4 is 28.4 Å². The topological polar surface area (TPSA) is 105 Å². The van der Waals surface area contributed by atoms with Gasteiger partial charge < -0.3 is 15.3 Å². The van der Waals surface area contributed by atoms with Crippen LogP contribution in [0.5, 0.6) is 5.75 Å². The van der Waals surface area contributed by atoms with Gasteiger partial charge in [-0.1, -0.05) is 25.3 Å². The third kappa shape index (κ3) is 4.33. The number of aromatic nitrogens is 2. The largest absolute Gasteiger partial charge is 0.508 e. The van der Waals surface area contributed by atoms with Crippen molar-refractivity contribution < 1.29 is 9.32 Å². The van der Waals surface area contributed by atoms with Crippen LogP contribution in [0.25, 0.3) is 0 Å². The number of aromatic hydroxyl groups is 1. The second-order valence-corrected chi connectivity index (χ2v) is 12.0. The highest BCUT2D eigenvalue weighted by molar-refractivity contribution is 7.85. The fourth-order valence-electron chi connectivity index (χ4n) is 6.01. The zero-order chi connectivity index (χ0) is 24.0. The minimum Gasteiger partial charge on any atom is -0.508 e. The molecule has 2 saturated carbocycles. The first kappa shape index (κ1) is 22.9. The van der Waals surface area contributed by atoms with E-state index in [2.05, 4.69) is 20.1 Å². The number of piperidine rings is 1. The number of hydrogen-bond donors (Lipinski definition) is 3. The van der Waals surface area contributed by atoms with Gasteiger partial charge in [-0.3, -0.25) is 14.5 Å². The lowest BCUT2D eigenvalue weighted by Crippen LogP contribution is -2.42. The molecule has 35 heavy (non-hydrogen) atoms. The Kier molecular flexibility index (Phi) is 6.00. The maximum Gasteiger partial charge on any atom is 0.224 e. The average Bonchev–Trinajstić information content (AvgIpc) is 3.64. The van der Waals surface area contributed by atoms with Crippen LogP contribution in [-0.4, -0.2) is 61.1 Å². The van der Waals surface area contributed by atoms with Gasteiger partial charge in [-0.2, -0.15) is 4.98 Å². The number of rotatable bonds is 6. The maximum absolute atomic E-state index is 12.7. The number of nitrogens with one attached hydrogen (secondary N) is 2. The van der Waals surface area contributed by atoms with Gasteiger partial charge >= 0.3 is 0 Å². The molecule has 1 spiro atoms. The van der Waals surface area contributed by atoms with Gasteiger partial charge in [0, 0.05) is 41.8 Å². The summed E-state index contributed by atoms with van der Waals surface area (Å²) in [6.07, 6.45) is 12.0. The lowest BCUT2D eigenvalue weighted by molar-refractivity contribution is 0.251. The van der Waals surface area contributed by atoms with Gasteiger partial charge in [-0.15, -0.1) is 0 Å². The highest BCUT2D eigenvalue weighted by Crippen LogP contribution is 2.57. The number of nitrogens with zero attached hydrogens (tertiary/aromatic N) is 4. The predicted molar refractivity (Wildman–Crippen MR) is 138 cm³/mol. The first-order valence-electron chi connectivity index (χ1n) is 13.0. The van der Waals surface area contributed by atoms with Gasteiger partial charge in [0.15, 0.2) is 0 Å². The highest BCUT2D eigenvalue weighted by Gasteiger charge is 2.58. The van der Waals surface area contributed by atoms with E-state index in [1.807, 2.05) is 6.20 Å². The van der Waals surface area contributed by atoms with Crippen molar-refractivity contribution in [1.82, 2.24) is 14.9 Å². The number of amidine groups is 1. The van der Waals surface area contributed by atoms with Crippen LogP contribution in [0.15, 0.2) is 35.4 Å². The van der Waals surface area contributed by atoms with E-state index in [-0.39, 0.29) is 17.2 Å². The van der Waals surface area contributed by atoms with Gasteiger partial charge in [-0.05, 0) is 56.7 Å². The number of benzene rings is 1. The third-order valence-electron chi connectivity index (χ3n) is 8.20. The molecule has 2 aromatic rings. The second kappa shape index (κ2) is 9.17. The Morgan fingerprint density at radius 3 is 2.63 bits per heavy atom. The van der Waals surface area contributed by atoms with Crippen LogP contribution in [0.4, 0.5) is 11.8 Å². The number of hydrogen-bond acceptors (Lipinski definition) is 7. The lowest BCUT2D eigenvalue weighted by Gasteiger charge is -2.33. The van der Waals surface area contributed by atoms with Crippen molar-refractivity contribution in [3.63, 3.8) is 0 Å². The van der Waals surface area contributed by atoms with Crippen molar-refractivity contribution in [3.05, 3.63) is 36.0 Å². The molecule has 0 amide bonds. The van der Waals surface area contributed by atoms with Crippen LogP contribution < -0.4 is 10.2 Å². The van der Waals surface area contributed by atoms with Crippen LogP contribution in [0.2, 0.25) is 0 Å². The summed E-state index contributed by atoms with van der Waals surface area (Å²) in [6, 6.07) is 7.39. The number of likely N-dealkylation sites (tertiary alicyclic amines) is 1. The molecule has 1 aromatic carbocycles. The quantitative estimate of drug-likeness (QED) is 0.558. The molecule has 8 nitrogen and oxygen atoms in total. The molecule has 3 heterocycles. The third-order valence-corrected chi connectivity index (χ3v) is 9.58. The SMILES string of the molecule is N=C1N(C2CCCCC2)c2nc(NC3CCN(CS(=O)c4cccc(O)c4)CC3)ncc2C12CC2. The van der Waals surface area contributed by atoms with E-state index in [1.54, 1.807) is 24.3 Å². The fourth-order valence-corrected chi connectivity index (χ4v) is 7.23. The molecule has 1 saturated heterocycles. The van der Waals surface area contributed by atoms with Gasteiger partial charge in [0.2, 0.25) is 5.95 Å². The molecular weight excluding hydrogens is 460 g/mol. The Morgan fingerprint density at radius 2 is 1.91 bits per heavy atom. The second-order valence-electron chi connectivity index (χ2n) is 10.5. The molecule has 1 unspecified atom stereocenters. The van der Waals surface area contributed by atoms with E-state index in [4.69, 9.17) is 10.4 Å². The summed E-state index contributed by atoms with van der Waals surface area (Å²) in [5.41, 5.74) is 1.03. The van der Waals surface area contributed by atoms with Gasteiger partial charge in [0.1, 0.15) is 17.4 Å². The van der Waals surface area contributed by atoms with Crippen LogP contribution in [0, 0.1) is 5.41 Å². The van der Waals surface area contributed by atoms with Crippen LogP contribution in [0.1, 0.15) is 63.4 Å². The monoisotopic (exact) mass is 494 g/mol. The number of phenols is 1. The first-order valence-corrected chi connectivity index (χ1v) is 14.3. The lowest BCUT2D eigenvalue weighted by atomic mass is 9.94. The summed E-state index contributed by atoms with van der Waals surface area (Å²) in [4.78, 5) is 14.8. The number of fused-ring (bicyclic) bond motifs is 2. The average molecular weight is 495 g/mol. The zero-order valence-corrected chi connectivity index (χ0v) is 20.9. The van der Waals surface area contributed by atoms with Crippen molar-refractivity contribution in [3.8, 4) is 5.75 Å². The molecule has 4 aliphatic rings. The van der Waals surface area contributed by atoms with E-state index in [0.717, 1.165) is 68.8 Å². The molecule has 9 heteroatoms. The maximum atomic E-state index is 12.7. The minimum atomic E-state index is -1.16. The van der Waals surface area contributed by atoms with Crippen molar-refractivity contribution in [2.75, 3.05) is 29.2 Å². The standard InChI is InChI=1S/C26H34N6O2S/c27-24-26(11-12-26)22-16-28-25(30-23(22)32(24)19-5-2-1-3-6-19)29-18-9-13-31(14-10-18)17-35(34)21-8-4-7-20(33)15-21/h4,7-8,15-16,18-19,27,33H,1-3,5-6,9-14,17H2,(H,28,29,30). The van der Waals surface area contributed by atoms with Gasteiger partial charge in [0.05, 0.1) is 22.1 Å². The molecule has 3 fully saturated rings. The highest BCUT2D eigenvalue weighted by atomic mass is 32.2. The number of phenolic OH excluding ortho intramolecular Hbond substituents is 1. The van der Waals surface area contributed by atoms with E-state index < -0.39 is 10.8 Å². The molecule has 2 aliphatic heterocycles. The minimum absolute atomic E-state index is 0.123. The molecule has 6 rings (SSSR count). The van der Waals surface area contributed by atoms with Crippen molar-refractivity contribution in [1.29, 1.82) is 5.41 Å². The van der Waals surface area contributed by atoms with E-state index in [1.165, 1.54) is 19.3 Å².